The lowest BCUT2D eigenvalue weighted by Gasteiger charge is -1.90. The number of unbranched alkanes of at least 4 members (excludes halogenated alkanes) is 1. The van der Waals surface area contributed by atoms with Crippen molar-refractivity contribution in [2.24, 2.45) is 0 Å². The second-order valence-corrected chi connectivity index (χ2v) is 2.24. The quantitative estimate of drug-likeness (QED) is 0.477. The zero-order chi connectivity index (χ0) is 7.28. The van der Waals surface area contributed by atoms with Gasteiger partial charge in [0.05, 0.1) is 0 Å². The van der Waals surface area contributed by atoms with Crippen LogP contribution in [0.5, 0.6) is 0 Å². The fraction of sp³-hybridized carbons (Fsp3) is 0.667. The van der Waals surface area contributed by atoms with Crippen LogP contribution < -0.4 is 0 Å². The Morgan fingerprint density at radius 1 is 1.44 bits per heavy atom. The molecule has 0 saturated carbocycles. The molecule has 0 fully saturated rings. The Hall–Kier alpha value is -0.310. The molecule has 0 atom stereocenters. The first-order valence-corrected chi connectivity index (χ1v) is 3.39. The first-order valence-electron chi connectivity index (χ1n) is 2.94. The van der Waals surface area contributed by atoms with E-state index in [1.165, 1.54) is 0 Å². The van der Waals surface area contributed by atoms with Crippen LogP contribution in [0, 0.1) is 0 Å². The Labute approximate surface area is 60.0 Å². The molecule has 9 heavy (non-hydrogen) atoms. The summed E-state index contributed by atoms with van der Waals surface area (Å²) in [5.74, 6) is -0.375. The van der Waals surface area contributed by atoms with Crippen LogP contribution in [-0.4, -0.2) is 10.9 Å². The van der Waals surface area contributed by atoms with Gasteiger partial charge in [-0.15, -0.1) is 0 Å². The highest BCUT2D eigenvalue weighted by Gasteiger charge is 2.05. The molecular weight excluding hydrogens is 136 g/mol. The van der Waals surface area contributed by atoms with Crippen molar-refractivity contribution in [2.75, 3.05) is 0 Å². The van der Waals surface area contributed by atoms with Crippen molar-refractivity contribution in [2.45, 2.75) is 26.2 Å². The molecule has 0 aromatic rings. The number of thiol groups is 1. The lowest BCUT2D eigenvalue weighted by molar-refractivity contribution is -0.131. The molecule has 0 rings (SSSR count). The summed E-state index contributed by atoms with van der Waals surface area (Å²) in [5.41, 5.74) is 0. The number of Topliss-reactive ketones (excluding diaryl/α,β-unsaturated/α-hetero) is 1. The molecule has 0 aliphatic heterocycles. The standard InChI is InChI=1S/C6H10O2S/c1-2-3-4-5(7)6(8)9/h2-4H2,1H3,(H,8,9). The number of hydrogen-bond donors (Lipinski definition) is 1. The highest BCUT2D eigenvalue weighted by Crippen LogP contribution is 1.96. The van der Waals surface area contributed by atoms with E-state index in [1.54, 1.807) is 0 Å². The predicted octanol–water partition coefficient (Wildman–Crippen LogP) is 1.20. The van der Waals surface area contributed by atoms with Crippen LogP contribution in [0.3, 0.4) is 0 Å². The van der Waals surface area contributed by atoms with Crippen LogP contribution in [-0.2, 0) is 9.59 Å². The van der Waals surface area contributed by atoms with Crippen molar-refractivity contribution < 1.29 is 9.59 Å². The Balaban J connectivity index is 3.39. The third kappa shape index (κ3) is 4.21. The number of ketones is 1. The van der Waals surface area contributed by atoms with Crippen molar-refractivity contribution >= 4 is 23.5 Å². The van der Waals surface area contributed by atoms with Gasteiger partial charge in [-0.2, -0.15) is 0 Å². The van der Waals surface area contributed by atoms with Gasteiger partial charge in [0, 0.05) is 6.42 Å². The van der Waals surface area contributed by atoms with Crippen LogP contribution in [0.15, 0.2) is 0 Å². The molecule has 0 unspecified atom stereocenters. The molecule has 0 aromatic carbocycles. The smallest absolute Gasteiger partial charge is 0.251 e. The van der Waals surface area contributed by atoms with Crippen LogP contribution >= 0.6 is 12.6 Å². The zero-order valence-corrected chi connectivity index (χ0v) is 6.28. The minimum Gasteiger partial charge on any atom is -0.290 e. The first kappa shape index (κ1) is 8.69. The van der Waals surface area contributed by atoms with Gasteiger partial charge in [0.15, 0.2) is 0 Å². The Kier molecular flexibility index (Phi) is 4.40. The molecule has 52 valence electrons. The van der Waals surface area contributed by atoms with Gasteiger partial charge in [-0.3, -0.25) is 9.59 Å². The SMILES string of the molecule is CCCCC(=O)C(=O)S. The lowest BCUT2D eigenvalue weighted by atomic mass is 10.2. The average molecular weight is 146 g/mol. The van der Waals surface area contributed by atoms with E-state index in [9.17, 15) is 9.59 Å². The summed E-state index contributed by atoms with van der Waals surface area (Å²) in [6.45, 7) is 1.97. The van der Waals surface area contributed by atoms with Gasteiger partial charge in [0.25, 0.3) is 5.12 Å². The molecule has 0 N–H and O–H groups in total. The molecule has 0 spiro atoms. The lowest BCUT2D eigenvalue weighted by Crippen LogP contribution is -2.05. The second kappa shape index (κ2) is 4.56. The molecule has 2 nitrogen and oxygen atoms in total. The van der Waals surface area contributed by atoms with Crippen LogP contribution in [0.4, 0.5) is 0 Å². The van der Waals surface area contributed by atoms with Crippen LogP contribution in [0.25, 0.3) is 0 Å². The monoisotopic (exact) mass is 146 g/mol. The van der Waals surface area contributed by atoms with Gasteiger partial charge in [-0.1, -0.05) is 26.0 Å². The van der Waals surface area contributed by atoms with Gasteiger partial charge in [-0.25, -0.2) is 0 Å². The van der Waals surface area contributed by atoms with Gasteiger partial charge in [0.1, 0.15) is 0 Å². The van der Waals surface area contributed by atoms with Crippen molar-refractivity contribution in [1.29, 1.82) is 0 Å². The summed E-state index contributed by atoms with van der Waals surface area (Å²) in [5, 5.41) is -0.622. The topological polar surface area (TPSA) is 34.1 Å². The largest absolute Gasteiger partial charge is 0.290 e. The molecule has 3 heteroatoms. The normalized spacial score (nSPS) is 9.11. The maximum absolute atomic E-state index is 10.5. The molecule has 0 aromatic heterocycles. The number of rotatable bonds is 4. The fourth-order valence-corrected chi connectivity index (χ4v) is 0.556. The Bertz CT molecular complexity index is 120. The zero-order valence-electron chi connectivity index (χ0n) is 5.39. The first-order chi connectivity index (χ1) is 4.18. The van der Waals surface area contributed by atoms with Crippen LogP contribution in [0.1, 0.15) is 26.2 Å². The van der Waals surface area contributed by atoms with Crippen molar-refractivity contribution in [3.05, 3.63) is 0 Å². The summed E-state index contributed by atoms with van der Waals surface area (Å²) in [6, 6.07) is 0. The van der Waals surface area contributed by atoms with E-state index in [0.717, 1.165) is 12.8 Å². The molecule has 0 bridgehead atoms. The summed E-state index contributed by atoms with van der Waals surface area (Å²) in [6.07, 6.45) is 2.07. The van der Waals surface area contributed by atoms with Gasteiger partial charge < -0.3 is 0 Å². The number of carbonyl (C=O) groups is 2. The van der Waals surface area contributed by atoms with Crippen LogP contribution in [0.2, 0.25) is 0 Å². The summed E-state index contributed by atoms with van der Waals surface area (Å²) in [4.78, 5) is 20.6. The van der Waals surface area contributed by atoms with Crippen molar-refractivity contribution in [3.8, 4) is 0 Å². The van der Waals surface area contributed by atoms with E-state index in [-0.39, 0.29) is 5.78 Å². The average Bonchev–Trinajstić information content (AvgIpc) is 1.82. The molecule has 0 heterocycles. The van der Waals surface area contributed by atoms with E-state index in [2.05, 4.69) is 12.6 Å². The Morgan fingerprint density at radius 2 is 2.00 bits per heavy atom. The van der Waals surface area contributed by atoms with E-state index in [1.807, 2.05) is 6.92 Å². The van der Waals surface area contributed by atoms with E-state index < -0.39 is 5.12 Å². The minimum absolute atomic E-state index is 0.346. The van der Waals surface area contributed by atoms with Crippen molar-refractivity contribution in [1.82, 2.24) is 0 Å². The highest BCUT2D eigenvalue weighted by atomic mass is 32.1. The van der Waals surface area contributed by atoms with Gasteiger partial charge in [0.2, 0.25) is 5.78 Å². The highest BCUT2D eigenvalue weighted by molar-refractivity contribution is 7.98. The number of carbonyl (C=O) groups excluding carboxylic acids is 2. The van der Waals surface area contributed by atoms with E-state index in [0.29, 0.717) is 6.42 Å². The molecule has 0 aliphatic rings. The van der Waals surface area contributed by atoms with Gasteiger partial charge >= 0.3 is 0 Å². The predicted molar refractivity (Wildman–Crippen MR) is 38.5 cm³/mol. The van der Waals surface area contributed by atoms with Crippen molar-refractivity contribution in [3.63, 3.8) is 0 Å². The Morgan fingerprint density at radius 3 is 2.33 bits per heavy atom. The summed E-state index contributed by atoms with van der Waals surface area (Å²) in [7, 11) is 0. The number of hydrogen-bond acceptors (Lipinski definition) is 2. The molecular formula is C6H10O2S. The molecule has 0 aliphatic carbocycles. The summed E-state index contributed by atoms with van der Waals surface area (Å²) < 4.78 is 0. The molecule has 0 radical (unpaired) electrons. The molecule has 0 amide bonds. The maximum atomic E-state index is 10.5. The maximum Gasteiger partial charge on any atom is 0.251 e. The molecule has 0 saturated heterocycles. The third-order valence-electron chi connectivity index (χ3n) is 0.996. The summed E-state index contributed by atoms with van der Waals surface area (Å²) >= 11 is 3.38. The van der Waals surface area contributed by atoms with Gasteiger partial charge in [-0.05, 0) is 6.42 Å². The third-order valence-corrected chi connectivity index (χ3v) is 1.25. The fourth-order valence-electron chi connectivity index (χ4n) is 0.444. The van der Waals surface area contributed by atoms with E-state index in [4.69, 9.17) is 0 Å². The second-order valence-electron chi connectivity index (χ2n) is 1.83. The minimum atomic E-state index is -0.622. The van der Waals surface area contributed by atoms with E-state index >= 15 is 0 Å².